The van der Waals surface area contributed by atoms with Gasteiger partial charge in [-0.1, -0.05) is 45.8 Å². The molecule has 2 amide bonds. The second kappa shape index (κ2) is 5.29. The third kappa shape index (κ3) is 2.56. The number of nitrogens with one attached hydrogen (secondary N) is 1. The number of amides is 2. The van der Waals surface area contributed by atoms with Gasteiger partial charge in [0.2, 0.25) is 0 Å². The van der Waals surface area contributed by atoms with Crippen molar-refractivity contribution >= 4 is 27.6 Å². The number of benzene rings is 2. The second-order valence-corrected chi connectivity index (χ2v) is 5.88. The van der Waals surface area contributed by atoms with E-state index in [1.807, 2.05) is 48.2 Å². The number of rotatable bonds is 1. The molecule has 102 valence electrons. The smallest absolute Gasteiger partial charge is 0.316 e. The molecule has 1 heterocycles. The van der Waals surface area contributed by atoms with E-state index in [1.54, 1.807) is 0 Å². The minimum absolute atomic E-state index is 0.0584. The highest BCUT2D eigenvalue weighted by Crippen LogP contribution is 2.29. The van der Waals surface area contributed by atoms with Crippen LogP contribution in [0.1, 0.15) is 16.7 Å². The summed E-state index contributed by atoms with van der Waals surface area (Å²) in [6.45, 7) is 3.33. The summed E-state index contributed by atoms with van der Waals surface area (Å²) < 4.78 is 1.07. The Bertz CT molecular complexity index is 652. The van der Waals surface area contributed by atoms with E-state index in [0.29, 0.717) is 13.1 Å². The van der Waals surface area contributed by atoms with E-state index >= 15 is 0 Å². The molecular weight excluding hydrogens is 316 g/mol. The van der Waals surface area contributed by atoms with E-state index in [0.717, 1.165) is 10.2 Å². The monoisotopic (exact) mass is 330 g/mol. The summed E-state index contributed by atoms with van der Waals surface area (Å²) in [6.07, 6.45) is 0. The molecule has 2 aromatic rings. The van der Waals surface area contributed by atoms with Gasteiger partial charge in [0.15, 0.2) is 0 Å². The zero-order valence-electron chi connectivity index (χ0n) is 11.2. The highest BCUT2D eigenvalue weighted by atomic mass is 79.9. The molecular formula is C16H15BrN2O. The summed E-state index contributed by atoms with van der Waals surface area (Å²) in [6, 6.07) is 13.9. The summed E-state index contributed by atoms with van der Waals surface area (Å²) >= 11 is 3.54. The molecule has 3 rings (SSSR count). The third-order valence-corrected chi connectivity index (χ3v) is 4.26. The van der Waals surface area contributed by atoms with Crippen LogP contribution >= 0.6 is 15.9 Å². The fourth-order valence-corrected chi connectivity index (χ4v) is 2.90. The molecule has 0 saturated carbocycles. The van der Waals surface area contributed by atoms with Gasteiger partial charge in [-0.2, -0.15) is 0 Å². The highest BCUT2D eigenvalue weighted by molar-refractivity contribution is 9.10. The van der Waals surface area contributed by atoms with Crippen LogP contribution < -0.4 is 5.32 Å². The standard InChI is InChI=1S/C16H15BrN2O/c1-11-5-7-13(8-6-11)18-16(20)19-9-12-3-2-4-15(17)14(12)10-19/h2-8H,9-10H2,1H3,(H,18,20). The Balaban J connectivity index is 1.71. The maximum absolute atomic E-state index is 12.3. The van der Waals surface area contributed by atoms with E-state index in [-0.39, 0.29) is 6.03 Å². The van der Waals surface area contributed by atoms with E-state index < -0.39 is 0 Å². The molecule has 1 aliphatic heterocycles. The van der Waals surface area contributed by atoms with Crippen molar-refractivity contribution in [1.82, 2.24) is 4.90 Å². The number of nitrogens with zero attached hydrogens (tertiary/aromatic N) is 1. The van der Waals surface area contributed by atoms with Crippen LogP contribution in [0.15, 0.2) is 46.9 Å². The number of hydrogen-bond donors (Lipinski definition) is 1. The molecule has 2 aromatic carbocycles. The fourth-order valence-electron chi connectivity index (χ4n) is 2.36. The maximum Gasteiger partial charge on any atom is 0.322 e. The van der Waals surface area contributed by atoms with Crippen molar-refractivity contribution in [2.45, 2.75) is 20.0 Å². The first-order valence-electron chi connectivity index (χ1n) is 6.52. The van der Waals surface area contributed by atoms with Crippen LogP contribution in [0.5, 0.6) is 0 Å². The van der Waals surface area contributed by atoms with E-state index in [1.165, 1.54) is 16.7 Å². The Hall–Kier alpha value is -1.81. The molecule has 0 bridgehead atoms. The second-order valence-electron chi connectivity index (χ2n) is 5.03. The van der Waals surface area contributed by atoms with Gasteiger partial charge in [0.25, 0.3) is 0 Å². The van der Waals surface area contributed by atoms with E-state index in [2.05, 4.69) is 27.3 Å². The molecule has 0 aliphatic carbocycles. The van der Waals surface area contributed by atoms with Crippen LogP contribution in [-0.4, -0.2) is 10.9 Å². The molecule has 0 atom stereocenters. The average Bonchev–Trinajstić information content (AvgIpc) is 2.87. The predicted molar refractivity (Wildman–Crippen MR) is 83.6 cm³/mol. The van der Waals surface area contributed by atoms with Gasteiger partial charge in [0, 0.05) is 23.2 Å². The average molecular weight is 331 g/mol. The molecule has 20 heavy (non-hydrogen) atoms. The Labute approximate surface area is 126 Å². The molecule has 1 aliphatic rings. The van der Waals surface area contributed by atoms with Gasteiger partial charge >= 0.3 is 6.03 Å². The first-order chi connectivity index (χ1) is 9.63. The Morgan fingerprint density at radius 2 is 1.90 bits per heavy atom. The largest absolute Gasteiger partial charge is 0.322 e. The van der Waals surface area contributed by atoms with Crippen LogP contribution in [0.25, 0.3) is 0 Å². The van der Waals surface area contributed by atoms with Gasteiger partial charge in [-0.25, -0.2) is 4.79 Å². The van der Waals surface area contributed by atoms with E-state index in [9.17, 15) is 4.79 Å². The first kappa shape index (κ1) is 13.2. The fraction of sp³-hybridized carbons (Fsp3) is 0.188. The number of halogens is 1. The van der Waals surface area contributed by atoms with Gasteiger partial charge in [-0.15, -0.1) is 0 Å². The summed E-state index contributed by atoms with van der Waals surface area (Å²) in [5.41, 5.74) is 4.42. The molecule has 1 N–H and O–H groups in total. The SMILES string of the molecule is Cc1ccc(NC(=O)N2Cc3cccc(Br)c3C2)cc1. The van der Waals surface area contributed by atoms with Gasteiger partial charge in [0.05, 0.1) is 0 Å². The van der Waals surface area contributed by atoms with Crippen molar-refractivity contribution < 1.29 is 4.79 Å². The molecule has 0 saturated heterocycles. The van der Waals surface area contributed by atoms with Crippen molar-refractivity contribution in [2.75, 3.05) is 5.32 Å². The van der Waals surface area contributed by atoms with Crippen LogP contribution in [-0.2, 0) is 13.1 Å². The van der Waals surface area contributed by atoms with Crippen LogP contribution in [0.3, 0.4) is 0 Å². The number of aryl methyl sites for hydroxylation is 1. The molecule has 4 heteroatoms. The number of carbonyl (C=O) groups excluding carboxylic acids is 1. The number of fused-ring (bicyclic) bond motifs is 1. The summed E-state index contributed by atoms with van der Waals surface area (Å²) in [7, 11) is 0. The lowest BCUT2D eigenvalue weighted by atomic mass is 10.1. The lowest BCUT2D eigenvalue weighted by Gasteiger charge is -2.16. The first-order valence-corrected chi connectivity index (χ1v) is 7.31. The van der Waals surface area contributed by atoms with Gasteiger partial charge in [-0.05, 0) is 36.2 Å². The normalized spacial score (nSPS) is 13.2. The molecule has 0 spiro atoms. The van der Waals surface area contributed by atoms with Crippen LogP contribution in [0, 0.1) is 6.92 Å². The molecule has 0 fully saturated rings. The van der Waals surface area contributed by atoms with Crippen molar-refractivity contribution in [3.63, 3.8) is 0 Å². The number of urea groups is 1. The van der Waals surface area contributed by atoms with Crippen molar-refractivity contribution in [3.8, 4) is 0 Å². The Kier molecular flexibility index (Phi) is 3.49. The number of hydrogen-bond acceptors (Lipinski definition) is 1. The molecule has 0 unspecified atom stereocenters. The highest BCUT2D eigenvalue weighted by Gasteiger charge is 2.24. The molecule has 3 nitrogen and oxygen atoms in total. The van der Waals surface area contributed by atoms with Crippen molar-refractivity contribution in [3.05, 3.63) is 63.6 Å². The lowest BCUT2D eigenvalue weighted by Crippen LogP contribution is -2.30. The topological polar surface area (TPSA) is 32.3 Å². The van der Waals surface area contributed by atoms with Gasteiger partial charge in [-0.3, -0.25) is 0 Å². The Morgan fingerprint density at radius 1 is 1.15 bits per heavy atom. The predicted octanol–water partition coefficient (Wildman–Crippen LogP) is 4.31. The van der Waals surface area contributed by atoms with Crippen molar-refractivity contribution in [1.29, 1.82) is 0 Å². The zero-order chi connectivity index (χ0) is 14.1. The van der Waals surface area contributed by atoms with Crippen LogP contribution in [0.4, 0.5) is 10.5 Å². The minimum Gasteiger partial charge on any atom is -0.316 e. The maximum atomic E-state index is 12.3. The van der Waals surface area contributed by atoms with Crippen molar-refractivity contribution in [2.24, 2.45) is 0 Å². The van der Waals surface area contributed by atoms with Crippen LogP contribution in [0.2, 0.25) is 0 Å². The summed E-state index contributed by atoms with van der Waals surface area (Å²) in [5, 5.41) is 2.94. The van der Waals surface area contributed by atoms with Gasteiger partial charge in [0.1, 0.15) is 0 Å². The molecule has 0 radical (unpaired) electrons. The summed E-state index contributed by atoms with van der Waals surface area (Å²) in [5.74, 6) is 0. The molecule has 0 aromatic heterocycles. The number of carbonyl (C=O) groups is 1. The van der Waals surface area contributed by atoms with E-state index in [4.69, 9.17) is 0 Å². The number of anilines is 1. The lowest BCUT2D eigenvalue weighted by molar-refractivity contribution is 0.212. The zero-order valence-corrected chi connectivity index (χ0v) is 12.8. The van der Waals surface area contributed by atoms with Gasteiger partial charge < -0.3 is 10.2 Å². The summed E-state index contributed by atoms with van der Waals surface area (Å²) in [4.78, 5) is 14.1. The third-order valence-electron chi connectivity index (χ3n) is 3.52. The quantitative estimate of drug-likeness (QED) is 0.830. The Morgan fingerprint density at radius 3 is 2.60 bits per heavy atom. The minimum atomic E-state index is -0.0584.